The van der Waals surface area contributed by atoms with Crippen LogP contribution in [0.3, 0.4) is 0 Å². The number of ether oxygens (including phenoxy) is 1. The fraction of sp³-hybridized carbons (Fsp3) is 0.222. The third-order valence-corrected chi connectivity index (χ3v) is 2.01. The quantitative estimate of drug-likeness (QED) is 0.649. The molecule has 1 N–H and O–H groups in total. The summed E-state index contributed by atoms with van der Waals surface area (Å²) in [5, 5.41) is 2.19. The molecule has 2 amide bonds. The molecule has 1 aromatic rings. The van der Waals surface area contributed by atoms with Gasteiger partial charge in [-0.2, -0.15) is 0 Å². The van der Waals surface area contributed by atoms with Gasteiger partial charge >= 0.3 is 0 Å². The lowest BCUT2D eigenvalue weighted by atomic mass is 10.1. The maximum Gasteiger partial charge on any atom is 0.264 e. The Morgan fingerprint density at radius 1 is 1.36 bits per heavy atom. The van der Waals surface area contributed by atoms with E-state index in [4.69, 9.17) is 4.74 Å². The normalized spacial score (nSPS) is 13.9. The van der Waals surface area contributed by atoms with Crippen LogP contribution in [0.15, 0.2) is 6.07 Å². The van der Waals surface area contributed by atoms with Crippen molar-refractivity contribution in [2.75, 3.05) is 7.11 Å². The molecule has 1 aliphatic heterocycles. The lowest BCUT2D eigenvalue weighted by molar-refractivity contribution is 0.0879. The predicted molar refractivity (Wildman–Crippen MR) is 47.3 cm³/mol. The summed E-state index contributed by atoms with van der Waals surface area (Å²) >= 11 is 0. The maximum absolute atomic E-state index is 11.3. The molecule has 1 aliphatic rings. The fourth-order valence-corrected chi connectivity index (χ4v) is 1.42. The Morgan fingerprint density at radius 2 is 2.07 bits per heavy atom. The SMILES string of the molecule is COc1nc(C)cc2c1C(=O)NC2=O. The van der Waals surface area contributed by atoms with Crippen LogP contribution in [0.4, 0.5) is 0 Å². The molecule has 0 spiro atoms. The smallest absolute Gasteiger partial charge is 0.264 e. The van der Waals surface area contributed by atoms with E-state index < -0.39 is 11.8 Å². The summed E-state index contributed by atoms with van der Waals surface area (Å²) in [6.45, 7) is 1.73. The van der Waals surface area contributed by atoms with Crippen molar-refractivity contribution in [3.8, 4) is 5.88 Å². The Bertz CT molecular complexity index is 440. The molecule has 5 heteroatoms. The van der Waals surface area contributed by atoms with Crippen molar-refractivity contribution in [3.05, 3.63) is 22.9 Å². The molecule has 0 saturated carbocycles. The van der Waals surface area contributed by atoms with Gasteiger partial charge in [-0.15, -0.1) is 0 Å². The third-order valence-electron chi connectivity index (χ3n) is 2.01. The van der Waals surface area contributed by atoms with Gasteiger partial charge in [0.05, 0.1) is 12.7 Å². The molecule has 0 aromatic carbocycles. The summed E-state index contributed by atoms with van der Waals surface area (Å²) < 4.78 is 4.93. The van der Waals surface area contributed by atoms with Crippen LogP contribution in [-0.2, 0) is 0 Å². The topological polar surface area (TPSA) is 68.3 Å². The second kappa shape index (κ2) is 2.80. The van der Waals surface area contributed by atoms with Crippen molar-refractivity contribution >= 4 is 11.8 Å². The number of pyridine rings is 1. The molecule has 0 aliphatic carbocycles. The highest BCUT2D eigenvalue weighted by Gasteiger charge is 2.31. The molecular formula is C9H8N2O3. The van der Waals surface area contributed by atoms with Crippen molar-refractivity contribution in [2.45, 2.75) is 6.92 Å². The first-order valence-corrected chi connectivity index (χ1v) is 4.05. The van der Waals surface area contributed by atoms with E-state index >= 15 is 0 Å². The van der Waals surface area contributed by atoms with E-state index in [0.29, 0.717) is 11.3 Å². The lowest BCUT2D eigenvalue weighted by Gasteiger charge is -2.03. The van der Waals surface area contributed by atoms with Crippen LogP contribution >= 0.6 is 0 Å². The minimum absolute atomic E-state index is 0.198. The first-order valence-electron chi connectivity index (χ1n) is 4.05. The van der Waals surface area contributed by atoms with Crippen LogP contribution < -0.4 is 10.1 Å². The number of imide groups is 1. The van der Waals surface area contributed by atoms with Crippen molar-refractivity contribution < 1.29 is 14.3 Å². The molecule has 2 rings (SSSR count). The van der Waals surface area contributed by atoms with E-state index in [0.717, 1.165) is 0 Å². The number of aryl methyl sites for hydroxylation is 1. The van der Waals surface area contributed by atoms with E-state index in [-0.39, 0.29) is 11.4 Å². The molecule has 0 fully saturated rings. The number of nitrogens with zero attached hydrogens (tertiary/aromatic N) is 1. The highest BCUT2D eigenvalue weighted by atomic mass is 16.5. The van der Waals surface area contributed by atoms with Gasteiger partial charge in [0.15, 0.2) is 0 Å². The van der Waals surface area contributed by atoms with Gasteiger partial charge in [-0.05, 0) is 13.0 Å². The molecule has 0 atom stereocenters. The van der Waals surface area contributed by atoms with Crippen LogP contribution in [0.25, 0.3) is 0 Å². The molecule has 0 radical (unpaired) electrons. The van der Waals surface area contributed by atoms with E-state index in [1.807, 2.05) is 0 Å². The third kappa shape index (κ3) is 1.06. The highest BCUT2D eigenvalue weighted by Crippen LogP contribution is 2.24. The molecular weight excluding hydrogens is 184 g/mol. The van der Waals surface area contributed by atoms with Crippen LogP contribution in [-0.4, -0.2) is 23.9 Å². The summed E-state index contributed by atoms with van der Waals surface area (Å²) in [6.07, 6.45) is 0. The number of carbonyl (C=O) groups is 2. The number of aromatic nitrogens is 1. The number of fused-ring (bicyclic) bond motifs is 1. The monoisotopic (exact) mass is 192 g/mol. The largest absolute Gasteiger partial charge is 0.480 e. The minimum Gasteiger partial charge on any atom is -0.480 e. The summed E-state index contributed by atoms with van der Waals surface area (Å²) in [7, 11) is 1.41. The number of hydrogen-bond donors (Lipinski definition) is 1. The molecule has 0 saturated heterocycles. The van der Waals surface area contributed by atoms with Gasteiger partial charge < -0.3 is 4.74 Å². The van der Waals surface area contributed by atoms with Gasteiger partial charge in [0.1, 0.15) is 5.56 Å². The molecule has 0 unspecified atom stereocenters. The van der Waals surface area contributed by atoms with Crippen LogP contribution in [0, 0.1) is 6.92 Å². The maximum atomic E-state index is 11.3. The molecule has 72 valence electrons. The van der Waals surface area contributed by atoms with Crippen LogP contribution in [0.1, 0.15) is 26.4 Å². The number of amides is 2. The van der Waals surface area contributed by atoms with Gasteiger partial charge in [-0.1, -0.05) is 0 Å². The highest BCUT2D eigenvalue weighted by molar-refractivity contribution is 6.22. The second-order valence-electron chi connectivity index (χ2n) is 2.98. The predicted octanol–water partition coefficient (Wildman–Crippen LogP) is 0.282. The van der Waals surface area contributed by atoms with E-state index in [1.54, 1.807) is 13.0 Å². The summed E-state index contributed by atoms with van der Waals surface area (Å²) in [5.74, 6) is -0.647. The van der Waals surface area contributed by atoms with Gasteiger partial charge in [0, 0.05) is 5.69 Å². The molecule has 1 aromatic heterocycles. The number of nitrogens with one attached hydrogen (secondary N) is 1. The van der Waals surface area contributed by atoms with Crippen molar-refractivity contribution in [3.63, 3.8) is 0 Å². The first-order chi connectivity index (χ1) is 6.63. The zero-order chi connectivity index (χ0) is 10.3. The zero-order valence-corrected chi connectivity index (χ0v) is 7.75. The average Bonchev–Trinajstić information content (AvgIpc) is 2.41. The zero-order valence-electron chi connectivity index (χ0n) is 7.75. The van der Waals surface area contributed by atoms with Gasteiger partial charge in [0.2, 0.25) is 5.88 Å². The van der Waals surface area contributed by atoms with Crippen LogP contribution in [0.2, 0.25) is 0 Å². The second-order valence-corrected chi connectivity index (χ2v) is 2.98. The molecule has 0 bridgehead atoms. The van der Waals surface area contributed by atoms with Gasteiger partial charge in [0.25, 0.3) is 11.8 Å². The summed E-state index contributed by atoms with van der Waals surface area (Å²) in [6, 6.07) is 1.57. The van der Waals surface area contributed by atoms with E-state index in [1.165, 1.54) is 7.11 Å². The van der Waals surface area contributed by atoms with Crippen LogP contribution in [0.5, 0.6) is 5.88 Å². The number of hydrogen-bond acceptors (Lipinski definition) is 4. The number of methoxy groups -OCH3 is 1. The first kappa shape index (κ1) is 8.68. The Kier molecular flexibility index (Phi) is 1.73. The number of rotatable bonds is 1. The number of carbonyl (C=O) groups excluding carboxylic acids is 2. The van der Waals surface area contributed by atoms with E-state index in [2.05, 4.69) is 10.3 Å². The Balaban J connectivity index is 2.73. The minimum atomic E-state index is -0.450. The van der Waals surface area contributed by atoms with Crippen molar-refractivity contribution in [1.29, 1.82) is 0 Å². The lowest BCUT2D eigenvalue weighted by Crippen LogP contribution is -2.20. The fourth-order valence-electron chi connectivity index (χ4n) is 1.42. The average molecular weight is 192 g/mol. The van der Waals surface area contributed by atoms with Crippen molar-refractivity contribution in [2.24, 2.45) is 0 Å². The van der Waals surface area contributed by atoms with Gasteiger partial charge in [-0.3, -0.25) is 14.9 Å². The van der Waals surface area contributed by atoms with Gasteiger partial charge in [-0.25, -0.2) is 4.98 Å². The Labute approximate surface area is 80.1 Å². The molecule has 2 heterocycles. The van der Waals surface area contributed by atoms with Crippen molar-refractivity contribution in [1.82, 2.24) is 10.3 Å². The molecule has 5 nitrogen and oxygen atoms in total. The summed E-state index contributed by atoms with van der Waals surface area (Å²) in [4.78, 5) is 26.6. The standard InChI is InChI=1S/C9H8N2O3/c1-4-3-5-6(9(10-4)14-2)8(13)11-7(5)12/h3H,1-2H3,(H,11,12,13). The van der Waals surface area contributed by atoms with E-state index in [9.17, 15) is 9.59 Å². The summed E-state index contributed by atoms with van der Waals surface area (Å²) in [5.41, 5.74) is 1.20. The molecule has 14 heavy (non-hydrogen) atoms. The Morgan fingerprint density at radius 3 is 2.71 bits per heavy atom. The Hall–Kier alpha value is -1.91.